The van der Waals surface area contributed by atoms with Crippen LogP contribution in [0.5, 0.6) is 0 Å². The van der Waals surface area contributed by atoms with E-state index in [1.807, 2.05) is 41.9 Å². The van der Waals surface area contributed by atoms with Crippen LogP contribution in [0.15, 0.2) is 48.5 Å². The maximum Gasteiger partial charge on any atom is 0.244 e. The van der Waals surface area contributed by atoms with Crippen LogP contribution < -0.4 is 11.1 Å². The van der Waals surface area contributed by atoms with Gasteiger partial charge in [-0.15, -0.1) is 0 Å². The molecule has 0 fully saturated rings. The van der Waals surface area contributed by atoms with Crippen molar-refractivity contribution < 1.29 is 9.18 Å². The van der Waals surface area contributed by atoms with Gasteiger partial charge in [0.1, 0.15) is 17.2 Å². The lowest BCUT2D eigenvalue weighted by molar-refractivity contribution is -0.126. The van der Waals surface area contributed by atoms with Gasteiger partial charge >= 0.3 is 0 Å². The van der Waals surface area contributed by atoms with Crippen molar-refractivity contribution in [3.05, 3.63) is 65.7 Å². The summed E-state index contributed by atoms with van der Waals surface area (Å²) in [6, 6.07) is 13.8. The Labute approximate surface area is 145 Å². The van der Waals surface area contributed by atoms with E-state index in [-0.39, 0.29) is 11.7 Å². The smallest absolute Gasteiger partial charge is 0.244 e. The van der Waals surface area contributed by atoms with Crippen LogP contribution in [0.4, 0.5) is 4.39 Å². The molecule has 3 rings (SSSR count). The Morgan fingerprint density at radius 1 is 1.28 bits per heavy atom. The van der Waals surface area contributed by atoms with Gasteiger partial charge in [-0.05, 0) is 30.7 Å². The van der Waals surface area contributed by atoms with E-state index in [0.29, 0.717) is 13.0 Å². The first kappa shape index (κ1) is 17.1. The molecular weight excluding hydrogens is 319 g/mol. The maximum atomic E-state index is 13.4. The van der Waals surface area contributed by atoms with Crippen molar-refractivity contribution in [1.29, 1.82) is 0 Å². The molecule has 3 N–H and O–H groups in total. The van der Waals surface area contributed by atoms with Crippen LogP contribution in [0.1, 0.15) is 18.3 Å². The van der Waals surface area contributed by atoms with E-state index < -0.39 is 5.54 Å². The predicted octanol–water partition coefficient (Wildman–Crippen LogP) is 2.25. The van der Waals surface area contributed by atoms with Crippen molar-refractivity contribution in [2.45, 2.75) is 18.9 Å². The molecule has 0 saturated carbocycles. The molecule has 130 valence electrons. The molecule has 0 radical (unpaired) electrons. The van der Waals surface area contributed by atoms with E-state index in [1.165, 1.54) is 12.1 Å². The van der Waals surface area contributed by atoms with Gasteiger partial charge in [-0.3, -0.25) is 4.79 Å². The van der Waals surface area contributed by atoms with E-state index in [2.05, 4.69) is 10.3 Å². The lowest BCUT2D eigenvalue weighted by Gasteiger charge is -2.24. The van der Waals surface area contributed by atoms with Crippen LogP contribution in [0, 0.1) is 5.82 Å². The first-order valence-corrected chi connectivity index (χ1v) is 8.13. The van der Waals surface area contributed by atoms with Crippen molar-refractivity contribution in [2.75, 3.05) is 6.54 Å². The Kier molecular flexibility index (Phi) is 4.55. The number of hydrogen-bond acceptors (Lipinski definition) is 3. The van der Waals surface area contributed by atoms with Crippen LogP contribution in [0.3, 0.4) is 0 Å². The molecule has 25 heavy (non-hydrogen) atoms. The number of nitrogens with two attached hydrogens (primary N) is 1. The Bertz CT molecular complexity index is 902. The standard InChI is InChI=1S/C19H21FN4O/c1-19(21,13-6-4-3-5-7-13)18(25)22-11-10-17-23-15-9-8-14(20)12-16(15)24(17)2/h3-9,12H,10-11,21H2,1-2H3,(H,22,25). The summed E-state index contributed by atoms with van der Waals surface area (Å²) in [5.41, 5.74) is 7.31. The number of fused-ring (bicyclic) bond motifs is 1. The molecule has 0 spiro atoms. The molecule has 0 bridgehead atoms. The van der Waals surface area contributed by atoms with Crippen molar-refractivity contribution in [3.63, 3.8) is 0 Å². The fraction of sp³-hybridized carbons (Fsp3) is 0.263. The number of benzene rings is 2. The lowest BCUT2D eigenvalue weighted by Crippen LogP contribution is -2.49. The monoisotopic (exact) mass is 340 g/mol. The van der Waals surface area contributed by atoms with Crippen LogP contribution in [0.2, 0.25) is 0 Å². The summed E-state index contributed by atoms with van der Waals surface area (Å²) in [4.78, 5) is 16.9. The molecule has 0 saturated heterocycles. The second kappa shape index (κ2) is 6.64. The predicted molar refractivity (Wildman–Crippen MR) is 95.4 cm³/mol. The Balaban J connectivity index is 1.67. The summed E-state index contributed by atoms with van der Waals surface area (Å²) < 4.78 is 15.2. The zero-order valence-corrected chi connectivity index (χ0v) is 14.3. The third-order valence-electron chi connectivity index (χ3n) is 4.41. The number of carbonyl (C=O) groups is 1. The second-order valence-corrected chi connectivity index (χ2v) is 6.29. The highest BCUT2D eigenvalue weighted by Crippen LogP contribution is 2.18. The normalized spacial score (nSPS) is 13.6. The fourth-order valence-corrected chi connectivity index (χ4v) is 2.82. The zero-order chi connectivity index (χ0) is 18.0. The van der Waals surface area contributed by atoms with Gasteiger partial charge in [0.15, 0.2) is 0 Å². The number of aromatic nitrogens is 2. The first-order valence-electron chi connectivity index (χ1n) is 8.13. The quantitative estimate of drug-likeness (QED) is 0.748. The molecule has 1 atom stereocenters. The van der Waals surface area contributed by atoms with Crippen LogP contribution in [-0.4, -0.2) is 22.0 Å². The first-order chi connectivity index (χ1) is 11.9. The molecule has 1 heterocycles. The average Bonchev–Trinajstić information content (AvgIpc) is 2.91. The summed E-state index contributed by atoms with van der Waals surface area (Å²) in [7, 11) is 1.84. The largest absolute Gasteiger partial charge is 0.354 e. The average molecular weight is 340 g/mol. The van der Waals surface area contributed by atoms with Crippen LogP contribution in [0.25, 0.3) is 11.0 Å². The molecule has 1 amide bonds. The van der Waals surface area contributed by atoms with Crippen molar-refractivity contribution >= 4 is 16.9 Å². The van der Waals surface area contributed by atoms with Crippen molar-refractivity contribution in [2.24, 2.45) is 12.8 Å². The minimum Gasteiger partial charge on any atom is -0.354 e. The van der Waals surface area contributed by atoms with Crippen LogP contribution in [-0.2, 0) is 23.8 Å². The van der Waals surface area contributed by atoms with E-state index in [0.717, 1.165) is 22.4 Å². The second-order valence-electron chi connectivity index (χ2n) is 6.29. The van der Waals surface area contributed by atoms with Gasteiger partial charge in [0.05, 0.1) is 11.0 Å². The van der Waals surface area contributed by atoms with Gasteiger partial charge in [-0.2, -0.15) is 0 Å². The molecule has 1 unspecified atom stereocenters. The minimum atomic E-state index is -1.10. The Morgan fingerprint density at radius 2 is 2.00 bits per heavy atom. The summed E-state index contributed by atoms with van der Waals surface area (Å²) in [5.74, 6) is 0.236. The summed E-state index contributed by atoms with van der Waals surface area (Å²) in [6.45, 7) is 2.09. The highest BCUT2D eigenvalue weighted by Gasteiger charge is 2.29. The number of aryl methyl sites for hydroxylation is 1. The van der Waals surface area contributed by atoms with Gasteiger partial charge < -0.3 is 15.6 Å². The molecule has 5 nitrogen and oxygen atoms in total. The number of rotatable bonds is 5. The lowest BCUT2D eigenvalue weighted by atomic mass is 9.92. The Morgan fingerprint density at radius 3 is 2.72 bits per heavy atom. The maximum absolute atomic E-state index is 13.4. The molecule has 0 aliphatic heterocycles. The minimum absolute atomic E-state index is 0.247. The number of amides is 1. The number of imidazole rings is 1. The van der Waals surface area contributed by atoms with Gasteiger partial charge in [-0.1, -0.05) is 30.3 Å². The molecular formula is C19H21FN4O. The molecule has 3 aromatic rings. The number of nitrogens with one attached hydrogen (secondary N) is 1. The molecule has 0 aliphatic carbocycles. The number of halogens is 1. The van der Waals surface area contributed by atoms with Gasteiger partial charge in [-0.25, -0.2) is 9.37 Å². The van der Waals surface area contributed by atoms with Gasteiger partial charge in [0, 0.05) is 20.0 Å². The number of hydrogen-bond donors (Lipinski definition) is 2. The Hall–Kier alpha value is -2.73. The molecule has 0 aliphatic rings. The SMILES string of the molecule is Cn1c(CCNC(=O)C(C)(N)c2ccccc2)nc2ccc(F)cc21. The molecule has 1 aromatic heterocycles. The van der Waals surface area contributed by atoms with Crippen LogP contribution >= 0.6 is 0 Å². The topological polar surface area (TPSA) is 72.9 Å². The van der Waals surface area contributed by atoms with E-state index in [9.17, 15) is 9.18 Å². The third-order valence-corrected chi connectivity index (χ3v) is 4.41. The van der Waals surface area contributed by atoms with E-state index in [1.54, 1.807) is 13.0 Å². The zero-order valence-electron chi connectivity index (χ0n) is 14.3. The summed E-state index contributed by atoms with van der Waals surface area (Å²) in [5, 5.41) is 2.86. The van der Waals surface area contributed by atoms with Crippen molar-refractivity contribution in [1.82, 2.24) is 14.9 Å². The highest BCUT2D eigenvalue weighted by atomic mass is 19.1. The summed E-state index contributed by atoms with van der Waals surface area (Å²) >= 11 is 0. The van der Waals surface area contributed by atoms with Gasteiger partial charge in [0.2, 0.25) is 5.91 Å². The third kappa shape index (κ3) is 3.39. The molecule has 2 aromatic carbocycles. The number of nitrogens with zero attached hydrogens (tertiary/aromatic N) is 2. The van der Waals surface area contributed by atoms with E-state index >= 15 is 0 Å². The van der Waals surface area contributed by atoms with Crippen molar-refractivity contribution in [3.8, 4) is 0 Å². The highest BCUT2D eigenvalue weighted by molar-refractivity contribution is 5.87. The van der Waals surface area contributed by atoms with E-state index in [4.69, 9.17) is 5.73 Å². The summed E-state index contributed by atoms with van der Waals surface area (Å²) in [6.07, 6.45) is 0.531. The number of carbonyl (C=O) groups excluding carboxylic acids is 1. The molecule has 6 heteroatoms. The fourth-order valence-electron chi connectivity index (χ4n) is 2.82. The van der Waals surface area contributed by atoms with Gasteiger partial charge in [0.25, 0.3) is 0 Å².